The second-order valence-electron chi connectivity index (χ2n) is 7.10. The van der Waals surface area contributed by atoms with Gasteiger partial charge in [-0.15, -0.1) is 0 Å². The van der Waals surface area contributed by atoms with Gasteiger partial charge in [-0.1, -0.05) is 20.8 Å². The van der Waals surface area contributed by atoms with E-state index in [-0.39, 0.29) is 6.03 Å². The first kappa shape index (κ1) is 14.2. The smallest absolute Gasteiger partial charge is 0.326 e. The quantitative estimate of drug-likeness (QED) is 0.713. The predicted octanol–water partition coefficient (Wildman–Crippen LogP) is 1.98. The van der Waals surface area contributed by atoms with Crippen molar-refractivity contribution in [3.05, 3.63) is 0 Å². The number of carbonyl (C=O) groups is 2. The number of urea groups is 1. The lowest BCUT2D eigenvalue weighted by atomic mass is 9.87. The molecule has 19 heavy (non-hydrogen) atoms. The Hall–Kier alpha value is -1.26. The molecular weight excluding hydrogens is 244 g/mol. The zero-order valence-electron chi connectivity index (χ0n) is 12.0. The van der Waals surface area contributed by atoms with E-state index in [4.69, 9.17) is 5.11 Å². The Morgan fingerprint density at radius 2 is 1.89 bits per heavy atom. The summed E-state index contributed by atoms with van der Waals surface area (Å²) in [5.74, 6) is -0.211. The molecule has 2 aliphatic carbocycles. The lowest BCUT2D eigenvalue weighted by Gasteiger charge is -2.28. The van der Waals surface area contributed by atoms with Crippen molar-refractivity contribution >= 4 is 12.0 Å². The van der Waals surface area contributed by atoms with Crippen molar-refractivity contribution in [2.75, 3.05) is 6.54 Å². The molecule has 0 heterocycles. The summed E-state index contributed by atoms with van der Waals surface area (Å²) < 4.78 is 0. The minimum atomic E-state index is -0.994. The summed E-state index contributed by atoms with van der Waals surface area (Å²) in [6, 6.07) is -1.24. The van der Waals surface area contributed by atoms with E-state index in [1.807, 2.05) is 0 Å². The van der Waals surface area contributed by atoms with Crippen molar-refractivity contribution in [3.8, 4) is 0 Å². The molecule has 0 saturated heterocycles. The highest BCUT2D eigenvalue weighted by molar-refractivity contribution is 5.83. The Bertz CT molecular complexity index is 379. The molecule has 3 N–H and O–H groups in total. The molecule has 108 valence electrons. The van der Waals surface area contributed by atoms with Crippen LogP contribution in [-0.4, -0.2) is 29.7 Å². The van der Waals surface area contributed by atoms with E-state index < -0.39 is 17.4 Å². The maximum absolute atomic E-state index is 11.8. The molecule has 5 heteroatoms. The summed E-state index contributed by atoms with van der Waals surface area (Å²) in [6.07, 6.45) is 4.95. The number of carboxylic acids is 1. The Morgan fingerprint density at radius 1 is 1.32 bits per heavy atom. The molecule has 0 bridgehead atoms. The largest absolute Gasteiger partial charge is 0.480 e. The lowest BCUT2D eigenvalue weighted by molar-refractivity contribution is -0.141. The molecule has 0 aromatic heterocycles. The molecule has 0 spiro atoms. The Balaban J connectivity index is 1.81. The number of hydrogen-bond donors (Lipinski definition) is 3. The predicted molar refractivity (Wildman–Crippen MR) is 71.8 cm³/mol. The van der Waals surface area contributed by atoms with Crippen molar-refractivity contribution in [3.63, 3.8) is 0 Å². The summed E-state index contributed by atoms with van der Waals surface area (Å²) >= 11 is 0. The van der Waals surface area contributed by atoms with Gasteiger partial charge in [-0.3, -0.25) is 0 Å². The third-order valence-corrected chi connectivity index (χ3v) is 4.33. The number of rotatable bonds is 5. The fourth-order valence-corrected chi connectivity index (χ4v) is 2.67. The molecule has 2 amide bonds. The van der Waals surface area contributed by atoms with E-state index in [0.717, 1.165) is 5.92 Å². The third-order valence-electron chi connectivity index (χ3n) is 4.33. The average Bonchev–Trinajstić information content (AvgIpc) is 3.13. The molecule has 2 rings (SSSR count). The zero-order chi connectivity index (χ0) is 14.3. The summed E-state index contributed by atoms with van der Waals surface area (Å²) in [7, 11) is 0. The van der Waals surface area contributed by atoms with Crippen LogP contribution in [0.3, 0.4) is 0 Å². The van der Waals surface area contributed by atoms with Crippen LogP contribution in [0.25, 0.3) is 0 Å². The number of nitrogens with one attached hydrogen (secondary N) is 2. The molecule has 5 nitrogen and oxygen atoms in total. The molecular formula is C14H24N2O3. The molecule has 0 radical (unpaired) electrons. The van der Waals surface area contributed by atoms with Crippen LogP contribution in [0.5, 0.6) is 0 Å². The van der Waals surface area contributed by atoms with Crippen LogP contribution in [-0.2, 0) is 4.79 Å². The maximum atomic E-state index is 11.8. The third kappa shape index (κ3) is 3.39. The van der Waals surface area contributed by atoms with Gasteiger partial charge in [0.1, 0.15) is 6.04 Å². The molecule has 0 aliphatic heterocycles. The van der Waals surface area contributed by atoms with Crippen LogP contribution in [0, 0.1) is 16.7 Å². The average molecular weight is 268 g/mol. The van der Waals surface area contributed by atoms with Crippen LogP contribution in [0.1, 0.15) is 46.5 Å². The first-order valence-electron chi connectivity index (χ1n) is 7.02. The molecule has 2 saturated carbocycles. The molecule has 0 aromatic carbocycles. The number of carboxylic acid groups (broad SMARTS) is 1. The highest BCUT2D eigenvalue weighted by Crippen LogP contribution is 2.60. The number of hydrogen-bond acceptors (Lipinski definition) is 2. The minimum Gasteiger partial charge on any atom is -0.480 e. The summed E-state index contributed by atoms with van der Waals surface area (Å²) in [5, 5.41) is 14.6. The van der Waals surface area contributed by atoms with E-state index in [0.29, 0.717) is 12.0 Å². The van der Waals surface area contributed by atoms with Crippen LogP contribution in [0.2, 0.25) is 0 Å². The van der Waals surface area contributed by atoms with Crippen molar-refractivity contribution in [1.82, 2.24) is 10.6 Å². The lowest BCUT2D eigenvalue weighted by Crippen LogP contribution is -2.53. The highest BCUT2D eigenvalue weighted by atomic mass is 16.4. The van der Waals surface area contributed by atoms with Gasteiger partial charge in [0.15, 0.2) is 0 Å². The fraction of sp³-hybridized carbons (Fsp3) is 0.857. The van der Waals surface area contributed by atoms with Gasteiger partial charge in [0.2, 0.25) is 0 Å². The van der Waals surface area contributed by atoms with Crippen LogP contribution in [0.4, 0.5) is 4.79 Å². The first-order chi connectivity index (χ1) is 8.74. The van der Waals surface area contributed by atoms with Gasteiger partial charge >= 0.3 is 12.0 Å². The van der Waals surface area contributed by atoms with Crippen molar-refractivity contribution < 1.29 is 14.7 Å². The second kappa shape index (κ2) is 4.69. The Morgan fingerprint density at radius 3 is 2.26 bits per heavy atom. The molecule has 2 fully saturated rings. The summed E-state index contributed by atoms with van der Waals surface area (Å²) in [5.41, 5.74) is -0.172. The van der Waals surface area contributed by atoms with Gasteiger partial charge in [0, 0.05) is 6.54 Å². The van der Waals surface area contributed by atoms with Crippen LogP contribution in [0.15, 0.2) is 0 Å². The van der Waals surface area contributed by atoms with E-state index >= 15 is 0 Å². The zero-order valence-corrected chi connectivity index (χ0v) is 12.0. The van der Waals surface area contributed by atoms with Crippen LogP contribution >= 0.6 is 0 Å². The second-order valence-corrected chi connectivity index (χ2v) is 7.10. The number of carbonyl (C=O) groups excluding carboxylic acids is 1. The van der Waals surface area contributed by atoms with Gasteiger partial charge in [-0.2, -0.15) is 0 Å². The van der Waals surface area contributed by atoms with Gasteiger partial charge in [-0.25, -0.2) is 9.59 Å². The normalized spacial score (nSPS) is 22.5. The fourth-order valence-electron chi connectivity index (χ4n) is 2.67. The van der Waals surface area contributed by atoms with Gasteiger partial charge < -0.3 is 15.7 Å². The topological polar surface area (TPSA) is 78.4 Å². The first-order valence-corrected chi connectivity index (χ1v) is 7.02. The maximum Gasteiger partial charge on any atom is 0.326 e. The molecule has 0 aromatic rings. The summed E-state index contributed by atoms with van der Waals surface area (Å²) in [4.78, 5) is 23.0. The monoisotopic (exact) mass is 268 g/mol. The standard InChI is InChI=1S/C14H24N2O3/c1-13(2,3)10(11(17)18)16-12(19)15-8-14(6-7-14)9-4-5-9/h9-10H,4-8H2,1-3H3,(H,17,18)(H2,15,16,19)/t10-/m0/s1. The number of aliphatic carboxylic acids is 1. The summed E-state index contributed by atoms with van der Waals surface area (Å²) in [6.45, 7) is 6.09. The van der Waals surface area contributed by atoms with E-state index in [1.54, 1.807) is 20.8 Å². The van der Waals surface area contributed by atoms with Crippen molar-refractivity contribution in [1.29, 1.82) is 0 Å². The SMILES string of the molecule is CC(C)(C)[C@@H](NC(=O)NCC1(C2CC2)CC1)C(=O)O. The van der Waals surface area contributed by atoms with Gasteiger partial charge in [-0.05, 0) is 42.4 Å². The van der Waals surface area contributed by atoms with E-state index in [1.165, 1.54) is 25.7 Å². The van der Waals surface area contributed by atoms with Crippen molar-refractivity contribution in [2.45, 2.75) is 52.5 Å². The van der Waals surface area contributed by atoms with Crippen molar-refractivity contribution in [2.24, 2.45) is 16.7 Å². The Kier molecular flexibility index (Phi) is 3.49. The highest BCUT2D eigenvalue weighted by Gasteiger charge is 2.53. The number of amides is 2. The molecule has 0 unspecified atom stereocenters. The molecule has 1 atom stereocenters. The molecule has 2 aliphatic rings. The minimum absolute atomic E-state index is 0.331. The van der Waals surface area contributed by atoms with E-state index in [9.17, 15) is 9.59 Å². The van der Waals surface area contributed by atoms with Gasteiger partial charge in [0.05, 0.1) is 0 Å². The van der Waals surface area contributed by atoms with Gasteiger partial charge in [0.25, 0.3) is 0 Å². The van der Waals surface area contributed by atoms with Crippen LogP contribution < -0.4 is 10.6 Å². The van der Waals surface area contributed by atoms with E-state index in [2.05, 4.69) is 10.6 Å². The Labute approximate surface area is 114 Å².